The lowest BCUT2D eigenvalue weighted by Crippen LogP contribution is -2.07. The molecular formula is C41H54O14P4. The van der Waals surface area contributed by atoms with E-state index in [1.165, 1.54) is 29.8 Å². The van der Waals surface area contributed by atoms with E-state index in [1.807, 2.05) is 32.0 Å². The second-order valence-electron chi connectivity index (χ2n) is 12.4. The van der Waals surface area contributed by atoms with Gasteiger partial charge in [0.05, 0.1) is 12.2 Å². The van der Waals surface area contributed by atoms with Gasteiger partial charge in [0.1, 0.15) is 23.0 Å². The van der Waals surface area contributed by atoms with E-state index in [0.29, 0.717) is 0 Å². The molecule has 14 nitrogen and oxygen atoms in total. The van der Waals surface area contributed by atoms with Crippen molar-refractivity contribution in [3.8, 4) is 23.0 Å². The molecule has 0 fully saturated rings. The van der Waals surface area contributed by atoms with Gasteiger partial charge in [0.15, 0.2) is 0 Å². The summed E-state index contributed by atoms with van der Waals surface area (Å²) in [6, 6.07) is 42.5. The number of phosphoric acid groups is 3. The molecule has 5 aromatic carbocycles. The Hall–Kier alpha value is -4.02. The van der Waals surface area contributed by atoms with E-state index in [2.05, 4.69) is 37.2 Å². The Bertz CT molecular complexity index is 1900. The molecule has 0 aliphatic rings. The standard InChI is InChI=1S/C12H12O7P2.C12H11O4P.C10H23O3P.C7H8/c13-20(14,15)19-21(16,17-11-7-3-1-4-8-11)18-12-9-5-2-6-10-12;13-17(14,15-11-7-3-1-4-8-11)16-12-9-5-2-6-10-12;1-5-7-9(3)12-14(11)13-10(4)8-6-2;1-7-5-3-2-4-6-7/h1-10H,(H2,13,14,15);1-10H,(H,13,14);9-10,14H,5-8H2,1-4H3;2-6H,1H3. The molecular weight excluding hydrogens is 840 g/mol. The fourth-order valence-electron chi connectivity index (χ4n) is 4.47. The van der Waals surface area contributed by atoms with Crippen LogP contribution in [0.3, 0.4) is 0 Å². The van der Waals surface area contributed by atoms with E-state index in [1.54, 1.807) is 97.1 Å². The molecule has 0 saturated carbocycles. The summed E-state index contributed by atoms with van der Waals surface area (Å²) in [6.07, 6.45) is 4.03. The maximum absolute atomic E-state index is 12.4. The molecule has 2 unspecified atom stereocenters. The van der Waals surface area contributed by atoms with Crippen molar-refractivity contribution in [1.82, 2.24) is 0 Å². The van der Waals surface area contributed by atoms with Crippen molar-refractivity contribution in [2.75, 3.05) is 0 Å². The Morgan fingerprint density at radius 2 is 0.797 bits per heavy atom. The number of hydrogen-bond donors (Lipinski definition) is 3. The van der Waals surface area contributed by atoms with Gasteiger partial charge in [-0.05, 0) is 82.1 Å². The van der Waals surface area contributed by atoms with Crippen molar-refractivity contribution >= 4 is 31.7 Å². The van der Waals surface area contributed by atoms with E-state index < -0.39 is 31.7 Å². The molecule has 5 aromatic rings. The van der Waals surface area contributed by atoms with Crippen LogP contribution in [0.5, 0.6) is 23.0 Å². The highest BCUT2D eigenvalue weighted by atomic mass is 31.3. The molecule has 59 heavy (non-hydrogen) atoms. The summed E-state index contributed by atoms with van der Waals surface area (Å²) in [4.78, 5) is 27.3. The highest BCUT2D eigenvalue weighted by Gasteiger charge is 2.39. The van der Waals surface area contributed by atoms with E-state index in [0.717, 1.165) is 25.7 Å². The zero-order chi connectivity index (χ0) is 43.6. The Balaban J connectivity index is 0.000000286. The van der Waals surface area contributed by atoms with Crippen molar-refractivity contribution in [2.45, 2.75) is 72.5 Å². The van der Waals surface area contributed by atoms with Crippen LogP contribution in [0.15, 0.2) is 152 Å². The Labute approximate surface area is 347 Å². The molecule has 2 atom stereocenters. The van der Waals surface area contributed by atoms with Gasteiger partial charge in [-0.3, -0.25) is 9.46 Å². The Kier molecular flexibility index (Phi) is 24.0. The monoisotopic (exact) mass is 894 g/mol. The van der Waals surface area contributed by atoms with E-state index >= 15 is 0 Å². The highest BCUT2D eigenvalue weighted by molar-refractivity contribution is 7.61. The summed E-state index contributed by atoms with van der Waals surface area (Å²) in [5.41, 5.74) is 1.32. The molecule has 0 saturated heterocycles. The van der Waals surface area contributed by atoms with Gasteiger partial charge >= 0.3 is 31.7 Å². The van der Waals surface area contributed by atoms with Gasteiger partial charge in [-0.1, -0.05) is 135 Å². The third-order valence-corrected chi connectivity index (χ3v) is 11.6. The second-order valence-corrected chi connectivity index (χ2v) is 17.6. The molecule has 0 aromatic heterocycles. The molecule has 3 N–H and O–H groups in total. The Morgan fingerprint density at radius 3 is 1.05 bits per heavy atom. The number of hydrogen-bond acceptors (Lipinski definition) is 11. The van der Waals surface area contributed by atoms with Crippen LogP contribution in [0, 0.1) is 6.92 Å². The lowest BCUT2D eigenvalue weighted by Gasteiger charge is -2.18. The van der Waals surface area contributed by atoms with Crippen LogP contribution in [-0.2, 0) is 31.6 Å². The molecule has 322 valence electrons. The lowest BCUT2D eigenvalue weighted by molar-refractivity contribution is 0.135. The molecule has 0 amide bonds. The van der Waals surface area contributed by atoms with Crippen molar-refractivity contribution in [3.63, 3.8) is 0 Å². The summed E-state index contributed by atoms with van der Waals surface area (Å²) < 4.78 is 80.9. The largest absolute Gasteiger partial charge is 0.596 e. The lowest BCUT2D eigenvalue weighted by atomic mass is 10.2. The van der Waals surface area contributed by atoms with Gasteiger partial charge in [-0.25, -0.2) is 13.7 Å². The predicted molar refractivity (Wildman–Crippen MR) is 230 cm³/mol. The first-order valence-electron chi connectivity index (χ1n) is 18.6. The fraction of sp³-hybridized carbons (Fsp3) is 0.268. The maximum atomic E-state index is 12.4. The van der Waals surface area contributed by atoms with E-state index in [4.69, 9.17) is 36.9 Å². The zero-order valence-corrected chi connectivity index (χ0v) is 37.3. The van der Waals surface area contributed by atoms with Gasteiger partial charge < -0.3 is 36.9 Å². The summed E-state index contributed by atoms with van der Waals surface area (Å²) >= 11 is 0. The third-order valence-electron chi connectivity index (χ3n) is 6.98. The molecule has 0 bridgehead atoms. The van der Waals surface area contributed by atoms with Crippen LogP contribution >= 0.6 is 31.7 Å². The quantitative estimate of drug-likeness (QED) is 0.0703. The average molecular weight is 895 g/mol. The maximum Gasteiger partial charge on any atom is 0.596 e. The summed E-state index contributed by atoms with van der Waals surface area (Å²) in [6.45, 7) is 10.1. The average Bonchev–Trinajstić information content (AvgIpc) is 3.16. The van der Waals surface area contributed by atoms with Gasteiger partial charge in [0, 0.05) is 0 Å². The van der Waals surface area contributed by atoms with Crippen LogP contribution in [0.2, 0.25) is 0 Å². The molecule has 5 rings (SSSR count). The molecule has 18 heteroatoms. The minimum Gasteiger partial charge on any atom is -0.395 e. The molecule has 0 radical (unpaired) electrons. The molecule has 0 spiro atoms. The van der Waals surface area contributed by atoms with Crippen molar-refractivity contribution < 1.29 is 64.4 Å². The minimum absolute atomic E-state index is 0.0419. The van der Waals surface area contributed by atoms with Crippen LogP contribution in [0.25, 0.3) is 0 Å². The Morgan fingerprint density at radius 1 is 0.508 bits per heavy atom. The summed E-state index contributed by atoms with van der Waals surface area (Å²) in [5, 5.41) is 0. The third kappa shape index (κ3) is 25.3. The SMILES string of the molecule is CCCC(C)O[PH](=O)OC(C)CCC.Cc1ccccc1.O=P(O)(O)OP(=O)(Oc1ccccc1)Oc1ccccc1.O=P(O)(Oc1ccccc1)Oc1ccccc1. The van der Waals surface area contributed by atoms with Crippen molar-refractivity contribution in [2.24, 2.45) is 0 Å². The van der Waals surface area contributed by atoms with Gasteiger partial charge in [0.2, 0.25) is 0 Å². The van der Waals surface area contributed by atoms with Crippen LogP contribution in [0.1, 0.15) is 58.9 Å². The van der Waals surface area contributed by atoms with Gasteiger partial charge in [-0.2, -0.15) is 4.31 Å². The molecule has 0 aliphatic carbocycles. The minimum atomic E-state index is -5.07. The first-order chi connectivity index (χ1) is 28.0. The molecule has 0 aliphatic heterocycles. The van der Waals surface area contributed by atoms with Crippen LogP contribution in [-0.4, -0.2) is 26.9 Å². The van der Waals surface area contributed by atoms with Crippen molar-refractivity contribution in [3.05, 3.63) is 157 Å². The first kappa shape index (κ1) is 51.1. The van der Waals surface area contributed by atoms with E-state index in [-0.39, 0.29) is 35.2 Å². The normalized spacial score (nSPS) is 12.6. The van der Waals surface area contributed by atoms with Gasteiger partial charge in [0.25, 0.3) is 0 Å². The number of benzene rings is 5. The highest BCUT2D eigenvalue weighted by Crippen LogP contribution is 2.60. The number of phosphoric ester groups is 2. The number of rotatable bonds is 18. The van der Waals surface area contributed by atoms with Crippen LogP contribution < -0.4 is 18.1 Å². The zero-order valence-electron chi connectivity index (χ0n) is 33.6. The van der Waals surface area contributed by atoms with Crippen molar-refractivity contribution in [1.29, 1.82) is 0 Å². The topological polar surface area (TPSA) is 194 Å². The van der Waals surface area contributed by atoms with E-state index in [9.17, 15) is 23.2 Å². The first-order valence-corrected chi connectivity index (χ1v) is 24.3. The predicted octanol–water partition coefficient (Wildman–Crippen LogP) is 12.4. The van der Waals surface area contributed by atoms with Crippen LogP contribution in [0.4, 0.5) is 0 Å². The van der Waals surface area contributed by atoms with Gasteiger partial charge in [-0.15, -0.1) is 0 Å². The summed E-state index contributed by atoms with van der Waals surface area (Å²) in [7, 11) is -16.0. The second kappa shape index (κ2) is 27.7. The fourth-order valence-corrected chi connectivity index (χ4v) is 8.34. The number of aryl methyl sites for hydroxylation is 1. The number of para-hydroxylation sites is 4. The smallest absolute Gasteiger partial charge is 0.395 e. The summed E-state index contributed by atoms with van der Waals surface area (Å²) in [5.74, 6) is 0.749. The molecule has 0 heterocycles.